The van der Waals surface area contributed by atoms with Crippen molar-refractivity contribution in [2.24, 2.45) is 0 Å². The topological polar surface area (TPSA) is 89.5 Å². The smallest absolute Gasteiger partial charge is 0.265 e. The molecule has 0 unspecified atom stereocenters. The Labute approximate surface area is 128 Å². The number of sulfonamides is 1. The fraction of sp³-hybridized carbons (Fsp3) is 0.500. The summed E-state index contributed by atoms with van der Waals surface area (Å²) < 4.78 is 54.7. The second-order valence-electron chi connectivity index (χ2n) is 4.86. The molecule has 0 aromatic heterocycles. The van der Waals surface area contributed by atoms with Gasteiger partial charge < -0.3 is 4.74 Å². The van der Waals surface area contributed by atoms with Gasteiger partial charge in [0.05, 0.1) is 18.0 Å². The van der Waals surface area contributed by atoms with E-state index in [1.807, 2.05) is 0 Å². The van der Waals surface area contributed by atoms with E-state index in [1.165, 1.54) is 19.2 Å². The Kier molecular flexibility index (Phi) is 4.69. The van der Waals surface area contributed by atoms with Crippen LogP contribution in [0, 0.1) is 0 Å². The minimum absolute atomic E-state index is 0.0637. The summed E-state index contributed by atoms with van der Waals surface area (Å²) in [5.41, 5.74) is 0.155. The number of anilines is 1. The van der Waals surface area contributed by atoms with Gasteiger partial charge in [0.2, 0.25) is 10.0 Å². The molecule has 1 aromatic carbocycles. The Morgan fingerprint density at radius 1 is 1.19 bits per heavy atom. The summed E-state index contributed by atoms with van der Waals surface area (Å²) in [6, 6.07) is 3.96. The van der Waals surface area contributed by atoms with E-state index in [0.29, 0.717) is 12.8 Å². The first-order chi connectivity index (χ1) is 9.74. The molecule has 0 atom stereocenters. The van der Waals surface area contributed by atoms with Gasteiger partial charge in [-0.1, -0.05) is 12.8 Å². The van der Waals surface area contributed by atoms with Gasteiger partial charge in [-0.3, -0.25) is 4.72 Å². The summed E-state index contributed by atoms with van der Waals surface area (Å²) in [6.07, 6.45) is 3.00. The van der Waals surface area contributed by atoms with Crippen LogP contribution in [0.4, 0.5) is 5.69 Å². The molecule has 0 bridgehead atoms. The van der Waals surface area contributed by atoms with E-state index in [1.54, 1.807) is 0 Å². The zero-order chi connectivity index (χ0) is 15.7. The van der Waals surface area contributed by atoms with Crippen LogP contribution in [0.15, 0.2) is 23.1 Å². The van der Waals surface area contributed by atoms with Crippen molar-refractivity contribution in [2.45, 2.75) is 35.8 Å². The molecule has 1 aliphatic carbocycles. The Bertz CT molecular complexity index is 724. The fourth-order valence-corrected chi connectivity index (χ4v) is 4.97. The predicted octanol–water partition coefficient (Wildman–Crippen LogP) is 2.31. The van der Waals surface area contributed by atoms with Gasteiger partial charge in [0.25, 0.3) is 9.05 Å². The maximum Gasteiger partial charge on any atom is 0.265 e. The summed E-state index contributed by atoms with van der Waals surface area (Å²) in [4.78, 5) is -0.265. The minimum atomic E-state index is -4.03. The first kappa shape index (κ1) is 16.4. The van der Waals surface area contributed by atoms with Crippen molar-refractivity contribution >= 4 is 35.4 Å². The second-order valence-corrected chi connectivity index (χ2v) is 9.35. The number of hydrogen-bond donors (Lipinski definition) is 1. The fourth-order valence-electron chi connectivity index (χ4n) is 2.38. The van der Waals surface area contributed by atoms with E-state index in [2.05, 4.69) is 4.72 Å². The number of halogens is 1. The van der Waals surface area contributed by atoms with Crippen LogP contribution in [0.2, 0.25) is 0 Å². The van der Waals surface area contributed by atoms with Gasteiger partial charge in [0.15, 0.2) is 0 Å². The van der Waals surface area contributed by atoms with Crippen molar-refractivity contribution in [3.8, 4) is 5.75 Å². The maximum atomic E-state index is 12.2. The highest BCUT2D eigenvalue weighted by Crippen LogP contribution is 2.31. The number of hydrogen-bond acceptors (Lipinski definition) is 5. The van der Waals surface area contributed by atoms with Crippen LogP contribution >= 0.6 is 10.7 Å². The Hall–Kier alpha value is -0.990. The summed E-state index contributed by atoms with van der Waals surface area (Å²) in [6.45, 7) is 0. The van der Waals surface area contributed by atoms with Gasteiger partial charge in [-0.2, -0.15) is 0 Å². The average Bonchev–Trinajstić information content (AvgIpc) is 2.92. The number of ether oxygens (including phenoxy) is 1. The summed E-state index contributed by atoms with van der Waals surface area (Å²) >= 11 is 0. The summed E-state index contributed by atoms with van der Waals surface area (Å²) in [5, 5.41) is -0.435. The second kappa shape index (κ2) is 6.02. The quantitative estimate of drug-likeness (QED) is 0.820. The lowest BCUT2D eigenvalue weighted by molar-refractivity contribution is 0.403. The molecular formula is C12H16ClNO5S2. The van der Waals surface area contributed by atoms with E-state index >= 15 is 0 Å². The van der Waals surface area contributed by atoms with Crippen molar-refractivity contribution in [2.75, 3.05) is 11.8 Å². The standard InChI is InChI=1S/C12H16ClNO5S2/c1-19-11-7-6-9(8-12(11)20(13,15)16)14-21(17,18)10-4-2-3-5-10/h6-8,10,14H,2-5H2,1H3. The first-order valence-electron chi connectivity index (χ1n) is 6.38. The van der Waals surface area contributed by atoms with Gasteiger partial charge in [0.1, 0.15) is 10.6 Å². The van der Waals surface area contributed by atoms with Crippen molar-refractivity contribution in [3.05, 3.63) is 18.2 Å². The lowest BCUT2D eigenvalue weighted by atomic mass is 10.3. The molecule has 0 radical (unpaired) electrons. The Balaban J connectivity index is 2.33. The van der Waals surface area contributed by atoms with Crippen LogP contribution in [0.25, 0.3) is 0 Å². The van der Waals surface area contributed by atoms with Gasteiger partial charge in [-0.05, 0) is 31.0 Å². The SMILES string of the molecule is COc1ccc(NS(=O)(=O)C2CCCC2)cc1S(=O)(=O)Cl. The highest BCUT2D eigenvalue weighted by Gasteiger charge is 2.29. The zero-order valence-corrected chi connectivity index (χ0v) is 13.8. The lowest BCUT2D eigenvalue weighted by Crippen LogP contribution is -2.25. The maximum absolute atomic E-state index is 12.2. The van der Waals surface area contributed by atoms with Crippen LogP contribution in [-0.2, 0) is 19.1 Å². The largest absolute Gasteiger partial charge is 0.495 e. The van der Waals surface area contributed by atoms with E-state index in [0.717, 1.165) is 18.9 Å². The Morgan fingerprint density at radius 3 is 2.33 bits per heavy atom. The molecule has 21 heavy (non-hydrogen) atoms. The number of rotatable bonds is 5. The van der Waals surface area contributed by atoms with Crippen LogP contribution in [0.3, 0.4) is 0 Å². The van der Waals surface area contributed by atoms with Crippen molar-refractivity contribution in [1.29, 1.82) is 0 Å². The molecule has 1 aliphatic rings. The molecule has 1 fully saturated rings. The highest BCUT2D eigenvalue weighted by atomic mass is 35.7. The minimum Gasteiger partial charge on any atom is -0.495 e. The average molecular weight is 354 g/mol. The molecule has 0 spiro atoms. The van der Waals surface area contributed by atoms with Crippen LogP contribution in [-0.4, -0.2) is 29.2 Å². The van der Waals surface area contributed by atoms with E-state index < -0.39 is 24.3 Å². The highest BCUT2D eigenvalue weighted by molar-refractivity contribution is 8.13. The third-order valence-corrected chi connectivity index (χ3v) is 6.64. The van der Waals surface area contributed by atoms with E-state index in [4.69, 9.17) is 15.4 Å². The number of nitrogens with one attached hydrogen (secondary N) is 1. The molecule has 0 amide bonds. The third-order valence-electron chi connectivity index (χ3n) is 3.43. The van der Waals surface area contributed by atoms with Crippen molar-refractivity contribution in [1.82, 2.24) is 0 Å². The van der Waals surface area contributed by atoms with Crippen molar-refractivity contribution < 1.29 is 21.6 Å². The van der Waals surface area contributed by atoms with E-state index in [-0.39, 0.29) is 16.3 Å². The summed E-state index contributed by atoms with van der Waals surface area (Å²) in [5.74, 6) is 0.0637. The van der Waals surface area contributed by atoms with Crippen molar-refractivity contribution in [3.63, 3.8) is 0 Å². The van der Waals surface area contributed by atoms with Crippen LogP contribution in [0.1, 0.15) is 25.7 Å². The van der Waals surface area contributed by atoms with Gasteiger partial charge in [0, 0.05) is 10.7 Å². The summed E-state index contributed by atoms with van der Waals surface area (Å²) in [7, 11) is -0.917. The number of methoxy groups -OCH3 is 1. The molecular weight excluding hydrogens is 338 g/mol. The van der Waals surface area contributed by atoms with E-state index in [9.17, 15) is 16.8 Å². The third kappa shape index (κ3) is 3.81. The zero-order valence-electron chi connectivity index (χ0n) is 11.4. The van der Waals surface area contributed by atoms with Gasteiger partial charge in [-0.15, -0.1) is 0 Å². The van der Waals surface area contributed by atoms with Crippen LogP contribution < -0.4 is 9.46 Å². The lowest BCUT2D eigenvalue weighted by Gasteiger charge is -2.14. The van der Waals surface area contributed by atoms with Crippen LogP contribution in [0.5, 0.6) is 5.75 Å². The normalized spacial score (nSPS) is 16.9. The molecule has 9 heteroatoms. The first-order valence-corrected chi connectivity index (χ1v) is 10.2. The molecule has 2 rings (SSSR count). The monoisotopic (exact) mass is 353 g/mol. The number of benzene rings is 1. The molecule has 1 N–H and O–H groups in total. The molecule has 6 nitrogen and oxygen atoms in total. The Morgan fingerprint density at radius 2 is 1.81 bits per heavy atom. The molecule has 1 saturated carbocycles. The van der Waals surface area contributed by atoms with Gasteiger partial charge in [-0.25, -0.2) is 16.8 Å². The molecule has 0 aliphatic heterocycles. The molecule has 1 aromatic rings. The molecule has 118 valence electrons. The van der Waals surface area contributed by atoms with Gasteiger partial charge >= 0.3 is 0 Å². The molecule has 0 saturated heterocycles. The molecule has 0 heterocycles. The predicted molar refractivity (Wildman–Crippen MR) is 80.8 cm³/mol.